The summed E-state index contributed by atoms with van der Waals surface area (Å²) in [4.78, 5) is 20.8. The van der Waals surface area contributed by atoms with E-state index in [1.54, 1.807) is 0 Å². The van der Waals surface area contributed by atoms with Gasteiger partial charge in [0.05, 0.1) is 17.0 Å². The van der Waals surface area contributed by atoms with E-state index >= 15 is 0 Å². The zero-order valence-corrected chi connectivity index (χ0v) is 11.2. The summed E-state index contributed by atoms with van der Waals surface area (Å²) in [5, 5.41) is 21.6. The summed E-state index contributed by atoms with van der Waals surface area (Å²) in [5.41, 5.74) is -0.0628. The summed E-state index contributed by atoms with van der Waals surface area (Å²) in [5.74, 6) is 0.217. The Bertz CT molecular complexity index is 703. The molecule has 2 aromatic rings. The highest BCUT2D eigenvalue weighted by Crippen LogP contribution is 2.27. The number of halogens is 1. The first-order valence-electron chi connectivity index (χ1n) is 6.13. The largest absolute Gasteiger partial charge is 0.465 e. The minimum atomic E-state index is -1.29. The van der Waals surface area contributed by atoms with Gasteiger partial charge in [0.25, 0.3) is 5.69 Å². The van der Waals surface area contributed by atoms with Crippen LogP contribution in [-0.2, 0) is 6.54 Å². The van der Waals surface area contributed by atoms with Crippen LogP contribution in [0.25, 0.3) is 0 Å². The molecule has 0 atom stereocenters. The van der Waals surface area contributed by atoms with E-state index in [1.807, 2.05) is 0 Å². The lowest BCUT2D eigenvalue weighted by molar-refractivity contribution is -0.385. The Morgan fingerprint density at radius 3 is 2.45 bits per heavy atom. The van der Waals surface area contributed by atoms with Crippen LogP contribution in [0.5, 0.6) is 11.5 Å². The molecule has 0 saturated heterocycles. The van der Waals surface area contributed by atoms with Crippen molar-refractivity contribution in [2.24, 2.45) is 0 Å². The summed E-state index contributed by atoms with van der Waals surface area (Å²) < 4.78 is 18.3. The summed E-state index contributed by atoms with van der Waals surface area (Å²) >= 11 is 0. The number of ether oxygens (including phenoxy) is 1. The van der Waals surface area contributed by atoms with Crippen LogP contribution < -0.4 is 10.1 Å². The molecule has 8 heteroatoms. The van der Waals surface area contributed by atoms with Gasteiger partial charge in [0.1, 0.15) is 17.3 Å². The normalized spacial score (nSPS) is 10.0. The van der Waals surface area contributed by atoms with Crippen molar-refractivity contribution in [1.29, 1.82) is 0 Å². The van der Waals surface area contributed by atoms with Gasteiger partial charge in [-0.25, -0.2) is 9.18 Å². The van der Waals surface area contributed by atoms with Crippen molar-refractivity contribution in [2.75, 3.05) is 0 Å². The number of nitrogens with one attached hydrogen (secondary N) is 1. The molecule has 0 aromatic heterocycles. The van der Waals surface area contributed by atoms with Crippen LogP contribution in [0.4, 0.5) is 14.9 Å². The second-order valence-electron chi connectivity index (χ2n) is 4.26. The van der Waals surface area contributed by atoms with Gasteiger partial charge in [-0.1, -0.05) is 0 Å². The fourth-order valence-corrected chi connectivity index (χ4v) is 1.75. The van der Waals surface area contributed by atoms with E-state index in [4.69, 9.17) is 9.84 Å². The molecule has 0 saturated carbocycles. The molecule has 0 heterocycles. The Balaban J connectivity index is 2.25. The van der Waals surface area contributed by atoms with Gasteiger partial charge < -0.3 is 15.2 Å². The second-order valence-corrected chi connectivity index (χ2v) is 4.26. The number of hydrogen-bond donors (Lipinski definition) is 2. The standard InChI is InChI=1S/C14H11FN2O5/c15-10-1-3-11(4-2-10)22-12-5-6-13(17(20)21)9(7-12)8-16-14(18)19/h1-7,16H,8H2,(H,18,19). The van der Waals surface area contributed by atoms with Gasteiger partial charge in [0.15, 0.2) is 0 Å². The lowest BCUT2D eigenvalue weighted by Crippen LogP contribution is -2.20. The molecular formula is C14H11FN2O5. The van der Waals surface area contributed by atoms with Gasteiger partial charge in [0.2, 0.25) is 0 Å². The number of rotatable bonds is 5. The molecule has 2 N–H and O–H groups in total. The third kappa shape index (κ3) is 3.92. The lowest BCUT2D eigenvalue weighted by atomic mass is 10.1. The molecule has 0 unspecified atom stereocenters. The molecule has 114 valence electrons. The maximum atomic E-state index is 12.8. The third-order valence-corrected chi connectivity index (χ3v) is 2.73. The Morgan fingerprint density at radius 2 is 1.86 bits per heavy atom. The van der Waals surface area contributed by atoms with E-state index < -0.39 is 16.8 Å². The van der Waals surface area contributed by atoms with E-state index in [0.29, 0.717) is 5.75 Å². The average Bonchev–Trinajstić information content (AvgIpc) is 2.47. The van der Waals surface area contributed by atoms with Crippen LogP contribution in [0.2, 0.25) is 0 Å². The summed E-state index contributed by atoms with van der Waals surface area (Å²) in [7, 11) is 0. The summed E-state index contributed by atoms with van der Waals surface area (Å²) in [6.07, 6.45) is -1.29. The van der Waals surface area contributed by atoms with Crippen molar-refractivity contribution in [1.82, 2.24) is 5.32 Å². The van der Waals surface area contributed by atoms with Crippen LogP contribution in [0.3, 0.4) is 0 Å². The minimum absolute atomic E-state index is 0.159. The van der Waals surface area contributed by atoms with Gasteiger partial charge in [-0.05, 0) is 36.4 Å². The van der Waals surface area contributed by atoms with Gasteiger partial charge >= 0.3 is 6.09 Å². The summed E-state index contributed by atoms with van der Waals surface area (Å²) in [6.45, 7) is -0.230. The Kier molecular flexibility index (Phi) is 4.52. The number of hydrogen-bond acceptors (Lipinski definition) is 4. The van der Waals surface area contributed by atoms with Crippen molar-refractivity contribution in [3.63, 3.8) is 0 Å². The molecule has 0 aliphatic carbocycles. The zero-order valence-electron chi connectivity index (χ0n) is 11.2. The smallest absolute Gasteiger partial charge is 0.404 e. The molecule has 7 nitrogen and oxygen atoms in total. The van der Waals surface area contributed by atoms with Crippen molar-refractivity contribution in [3.05, 3.63) is 64.0 Å². The van der Waals surface area contributed by atoms with Crippen LogP contribution in [0.15, 0.2) is 42.5 Å². The van der Waals surface area contributed by atoms with E-state index in [1.165, 1.54) is 42.5 Å². The average molecular weight is 306 g/mol. The second kappa shape index (κ2) is 6.53. The van der Waals surface area contributed by atoms with Crippen molar-refractivity contribution < 1.29 is 24.0 Å². The van der Waals surface area contributed by atoms with E-state index in [2.05, 4.69) is 5.32 Å². The number of nitrogens with zero attached hydrogens (tertiary/aromatic N) is 1. The molecule has 0 aliphatic heterocycles. The predicted molar refractivity (Wildman–Crippen MR) is 74.4 cm³/mol. The quantitative estimate of drug-likeness (QED) is 0.652. The number of amides is 1. The number of nitro groups is 1. The van der Waals surface area contributed by atoms with Crippen LogP contribution in [-0.4, -0.2) is 16.1 Å². The van der Waals surface area contributed by atoms with Gasteiger partial charge in [0, 0.05) is 6.07 Å². The Labute approximate surface area is 124 Å². The Morgan fingerprint density at radius 1 is 1.23 bits per heavy atom. The number of carbonyl (C=O) groups is 1. The van der Waals surface area contributed by atoms with E-state index in [-0.39, 0.29) is 23.5 Å². The van der Waals surface area contributed by atoms with Crippen LogP contribution in [0.1, 0.15) is 5.56 Å². The van der Waals surface area contributed by atoms with Crippen LogP contribution in [0, 0.1) is 15.9 Å². The van der Waals surface area contributed by atoms with Gasteiger partial charge in [-0.3, -0.25) is 10.1 Å². The molecule has 0 spiro atoms. The molecule has 22 heavy (non-hydrogen) atoms. The fourth-order valence-electron chi connectivity index (χ4n) is 1.75. The molecule has 0 radical (unpaired) electrons. The van der Waals surface area contributed by atoms with Crippen molar-refractivity contribution in [2.45, 2.75) is 6.54 Å². The maximum Gasteiger partial charge on any atom is 0.404 e. The molecule has 0 fully saturated rings. The first kappa shape index (κ1) is 15.2. The number of carboxylic acid groups (broad SMARTS) is 1. The molecule has 1 amide bonds. The monoisotopic (exact) mass is 306 g/mol. The minimum Gasteiger partial charge on any atom is -0.465 e. The van der Waals surface area contributed by atoms with Gasteiger partial charge in [-0.2, -0.15) is 0 Å². The topological polar surface area (TPSA) is 102 Å². The Hall–Kier alpha value is -3.16. The maximum absolute atomic E-state index is 12.8. The molecule has 2 rings (SSSR count). The fraction of sp³-hybridized carbons (Fsp3) is 0.0714. The van der Waals surface area contributed by atoms with E-state index in [9.17, 15) is 19.3 Å². The van der Waals surface area contributed by atoms with Crippen molar-refractivity contribution >= 4 is 11.8 Å². The first-order valence-corrected chi connectivity index (χ1v) is 6.13. The van der Waals surface area contributed by atoms with Gasteiger partial charge in [-0.15, -0.1) is 0 Å². The molecular weight excluding hydrogens is 295 g/mol. The zero-order chi connectivity index (χ0) is 16.1. The molecule has 0 bridgehead atoms. The SMILES string of the molecule is O=C(O)NCc1cc(Oc2ccc(F)cc2)ccc1[N+](=O)[O-]. The van der Waals surface area contributed by atoms with Crippen LogP contribution >= 0.6 is 0 Å². The highest BCUT2D eigenvalue weighted by Gasteiger charge is 2.15. The van der Waals surface area contributed by atoms with Crippen molar-refractivity contribution in [3.8, 4) is 11.5 Å². The first-order chi connectivity index (χ1) is 10.5. The number of nitro benzene ring substituents is 1. The predicted octanol–water partition coefficient (Wildman–Crippen LogP) is 3.29. The molecule has 2 aromatic carbocycles. The highest BCUT2D eigenvalue weighted by molar-refractivity contribution is 5.64. The van der Waals surface area contributed by atoms with E-state index in [0.717, 1.165) is 0 Å². The highest BCUT2D eigenvalue weighted by atomic mass is 19.1. The third-order valence-electron chi connectivity index (χ3n) is 2.73. The lowest BCUT2D eigenvalue weighted by Gasteiger charge is -2.08. The summed E-state index contributed by atoms with van der Waals surface area (Å²) in [6, 6.07) is 9.21. The molecule has 0 aliphatic rings. The number of benzene rings is 2.